The summed E-state index contributed by atoms with van der Waals surface area (Å²) in [4.78, 5) is 20.6. The zero-order chi connectivity index (χ0) is 27.4. The average Bonchev–Trinajstić information content (AvgIpc) is 3.38. The number of halogens is 4. The van der Waals surface area contributed by atoms with Crippen molar-refractivity contribution in [3.8, 4) is 17.0 Å². The van der Waals surface area contributed by atoms with Gasteiger partial charge in [0.1, 0.15) is 18.2 Å². The summed E-state index contributed by atoms with van der Waals surface area (Å²) in [6, 6.07) is 5.60. The van der Waals surface area contributed by atoms with E-state index in [1.807, 2.05) is 11.0 Å². The number of amides is 2. The molecule has 2 amide bonds. The molecule has 206 valence electrons. The summed E-state index contributed by atoms with van der Waals surface area (Å²) in [5.41, 5.74) is 1.21. The van der Waals surface area contributed by atoms with Crippen molar-refractivity contribution in [1.82, 2.24) is 9.88 Å². The van der Waals surface area contributed by atoms with Gasteiger partial charge in [-0.2, -0.15) is 18.2 Å². The van der Waals surface area contributed by atoms with Gasteiger partial charge in [0.05, 0.1) is 25.5 Å². The van der Waals surface area contributed by atoms with Crippen LogP contribution in [0.15, 0.2) is 35.4 Å². The summed E-state index contributed by atoms with van der Waals surface area (Å²) >= 11 is 0. The number of rotatable bonds is 6. The van der Waals surface area contributed by atoms with Crippen molar-refractivity contribution in [3.05, 3.63) is 46.8 Å². The number of urea groups is 1. The Bertz CT molecular complexity index is 1210. The van der Waals surface area contributed by atoms with Gasteiger partial charge in [-0.1, -0.05) is 0 Å². The van der Waals surface area contributed by atoms with Crippen LogP contribution in [0, 0.1) is 12.7 Å². The summed E-state index contributed by atoms with van der Waals surface area (Å²) in [5, 5.41) is 11.7. The number of allylic oxidation sites excluding steroid dienone is 1. The number of likely N-dealkylation sites (tertiary alicyclic amines) is 1. The third kappa shape index (κ3) is 6.36. The van der Waals surface area contributed by atoms with Crippen molar-refractivity contribution in [1.29, 1.82) is 0 Å². The summed E-state index contributed by atoms with van der Waals surface area (Å²) in [6.07, 6.45) is -4.34. The highest BCUT2D eigenvalue weighted by Gasteiger charge is 2.35. The number of ether oxygens (including phenoxy) is 2. The standard InChI is InChI=1S/C26H30F4N4O4/c1-16-11-21(27)22(31-25(36)34-4-3-18(15-34)17(2)26(28,29)30)14-20(16)19-12-23(33-5-8-37-9-6-33)32-24(13-19)38-10-7-35/h11-14,35H,3-10,15H2,1-2H3,(H,31,36)/b18-17+. The first kappa shape index (κ1) is 27.6. The quantitative estimate of drug-likeness (QED) is 0.416. The minimum atomic E-state index is -4.45. The van der Waals surface area contributed by atoms with E-state index in [9.17, 15) is 27.5 Å². The molecule has 3 heterocycles. The van der Waals surface area contributed by atoms with E-state index >= 15 is 0 Å². The smallest absolute Gasteiger partial charge is 0.412 e. The van der Waals surface area contributed by atoms with E-state index in [2.05, 4.69) is 10.3 Å². The molecule has 38 heavy (non-hydrogen) atoms. The molecule has 2 aliphatic rings. The Hall–Kier alpha value is -3.38. The highest BCUT2D eigenvalue weighted by atomic mass is 19.4. The Morgan fingerprint density at radius 3 is 2.61 bits per heavy atom. The zero-order valence-electron chi connectivity index (χ0n) is 21.2. The molecule has 4 rings (SSSR count). The molecule has 0 bridgehead atoms. The number of aliphatic hydroxyl groups is 1. The van der Waals surface area contributed by atoms with Gasteiger partial charge in [-0.3, -0.25) is 0 Å². The Balaban J connectivity index is 1.61. The number of benzene rings is 1. The first-order valence-electron chi connectivity index (χ1n) is 12.3. The Kier molecular flexibility index (Phi) is 8.41. The molecule has 2 saturated heterocycles. The van der Waals surface area contributed by atoms with Crippen molar-refractivity contribution in [2.45, 2.75) is 26.4 Å². The normalized spacial score (nSPS) is 17.6. The van der Waals surface area contributed by atoms with E-state index < -0.39 is 23.6 Å². The second-order valence-electron chi connectivity index (χ2n) is 9.20. The van der Waals surface area contributed by atoms with Crippen molar-refractivity contribution in [3.63, 3.8) is 0 Å². The molecule has 0 aliphatic carbocycles. The number of hydrogen-bond donors (Lipinski definition) is 2. The van der Waals surface area contributed by atoms with Crippen LogP contribution >= 0.6 is 0 Å². The number of carbonyl (C=O) groups is 1. The van der Waals surface area contributed by atoms with Gasteiger partial charge in [0.25, 0.3) is 0 Å². The molecule has 2 N–H and O–H groups in total. The molecular formula is C26H30F4N4O4. The van der Waals surface area contributed by atoms with Gasteiger partial charge >= 0.3 is 12.2 Å². The summed E-state index contributed by atoms with van der Waals surface area (Å²) in [5.74, 6) is 0.244. The van der Waals surface area contributed by atoms with Gasteiger partial charge in [0.2, 0.25) is 5.88 Å². The number of alkyl halides is 3. The fraction of sp³-hybridized carbons (Fsp3) is 0.462. The first-order valence-corrected chi connectivity index (χ1v) is 12.3. The molecule has 2 aliphatic heterocycles. The molecular weight excluding hydrogens is 508 g/mol. The Labute approximate surface area is 217 Å². The average molecular weight is 539 g/mol. The predicted molar refractivity (Wildman–Crippen MR) is 134 cm³/mol. The number of aliphatic hydroxyl groups excluding tert-OH is 1. The number of nitrogens with one attached hydrogen (secondary N) is 1. The van der Waals surface area contributed by atoms with Crippen LogP contribution in [0.2, 0.25) is 0 Å². The lowest BCUT2D eigenvalue weighted by Gasteiger charge is -2.28. The number of morpholine rings is 1. The fourth-order valence-corrected chi connectivity index (χ4v) is 4.44. The first-order chi connectivity index (χ1) is 18.1. The van der Waals surface area contributed by atoms with E-state index in [1.165, 1.54) is 17.0 Å². The van der Waals surface area contributed by atoms with Crippen LogP contribution in [0.25, 0.3) is 11.1 Å². The molecule has 0 atom stereocenters. The molecule has 0 radical (unpaired) electrons. The zero-order valence-corrected chi connectivity index (χ0v) is 21.2. The topological polar surface area (TPSA) is 87.2 Å². The maximum atomic E-state index is 14.9. The maximum absolute atomic E-state index is 14.9. The number of carbonyl (C=O) groups excluding carboxylic acids is 1. The number of nitrogens with zero attached hydrogens (tertiary/aromatic N) is 3. The molecule has 1 aromatic heterocycles. The molecule has 0 unspecified atom stereocenters. The summed E-state index contributed by atoms with van der Waals surface area (Å²) in [7, 11) is 0. The Morgan fingerprint density at radius 2 is 1.92 bits per heavy atom. The van der Waals surface area contributed by atoms with Gasteiger partial charge in [-0.25, -0.2) is 9.18 Å². The van der Waals surface area contributed by atoms with E-state index in [1.54, 1.807) is 13.0 Å². The molecule has 8 nitrogen and oxygen atoms in total. The number of anilines is 2. The van der Waals surface area contributed by atoms with Crippen LogP contribution < -0.4 is 15.0 Å². The van der Waals surface area contributed by atoms with Crippen LogP contribution in [-0.4, -0.2) is 79.8 Å². The maximum Gasteiger partial charge on any atom is 0.412 e. The van der Waals surface area contributed by atoms with Crippen molar-refractivity contribution in [2.75, 3.05) is 62.8 Å². The third-order valence-corrected chi connectivity index (χ3v) is 6.64. The molecule has 0 spiro atoms. The van der Waals surface area contributed by atoms with Crippen molar-refractivity contribution in [2.24, 2.45) is 0 Å². The lowest BCUT2D eigenvalue weighted by Crippen LogP contribution is -2.36. The minimum Gasteiger partial charge on any atom is -0.475 e. The van der Waals surface area contributed by atoms with Gasteiger partial charge in [0, 0.05) is 37.8 Å². The Morgan fingerprint density at radius 1 is 1.18 bits per heavy atom. The minimum absolute atomic E-state index is 0.0444. The van der Waals surface area contributed by atoms with Crippen LogP contribution in [-0.2, 0) is 4.74 Å². The lowest BCUT2D eigenvalue weighted by atomic mass is 10.00. The van der Waals surface area contributed by atoms with Gasteiger partial charge in [-0.15, -0.1) is 0 Å². The fourth-order valence-electron chi connectivity index (χ4n) is 4.44. The van der Waals surface area contributed by atoms with Crippen molar-refractivity contribution < 1.29 is 36.9 Å². The molecule has 12 heteroatoms. The third-order valence-electron chi connectivity index (χ3n) is 6.64. The van der Waals surface area contributed by atoms with Crippen LogP contribution in [0.5, 0.6) is 5.88 Å². The molecule has 2 aromatic rings. The predicted octanol–water partition coefficient (Wildman–Crippen LogP) is 4.52. The van der Waals surface area contributed by atoms with Crippen LogP contribution in [0.1, 0.15) is 18.9 Å². The summed E-state index contributed by atoms with van der Waals surface area (Å²) in [6.45, 7) is 4.85. The SMILES string of the molecule is C/C(=C1/CCN(C(=O)Nc2cc(-c3cc(OCCO)nc(N4CCOCC4)c3)c(C)cc2F)C1)C(F)(F)F. The van der Waals surface area contributed by atoms with Crippen LogP contribution in [0.3, 0.4) is 0 Å². The van der Waals surface area contributed by atoms with E-state index in [0.717, 1.165) is 6.92 Å². The van der Waals surface area contributed by atoms with E-state index in [4.69, 9.17) is 9.47 Å². The highest BCUT2D eigenvalue weighted by molar-refractivity contribution is 5.91. The lowest BCUT2D eigenvalue weighted by molar-refractivity contribution is -0.0922. The summed E-state index contributed by atoms with van der Waals surface area (Å²) < 4.78 is 65.0. The number of aromatic nitrogens is 1. The number of hydrogen-bond acceptors (Lipinski definition) is 6. The van der Waals surface area contributed by atoms with Gasteiger partial charge in [0.15, 0.2) is 0 Å². The number of pyridine rings is 1. The largest absolute Gasteiger partial charge is 0.475 e. The molecule has 2 fully saturated rings. The second-order valence-corrected chi connectivity index (χ2v) is 9.20. The second kappa shape index (κ2) is 11.6. The number of aryl methyl sites for hydroxylation is 1. The monoisotopic (exact) mass is 538 g/mol. The molecule has 0 saturated carbocycles. The highest BCUT2D eigenvalue weighted by Crippen LogP contribution is 2.34. The van der Waals surface area contributed by atoms with Gasteiger partial charge < -0.3 is 29.7 Å². The van der Waals surface area contributed by atoms with E-state index in [-0.39, 0.29) is 49.9 Å². The molecule has 1 aromatic carbocycles. The van der Waals surface area contributed by atoms with E-state index in [0.29, 0.717) is 48.8 Å². The van der Waals surface area contributed by atoms with Gasteiger partial charge in [-0.05, 0) is 60.7 Å². The van der Waals surface area contributed by atoms with Crippen molar-refractivity contribution >= 4 is 17.5 Å². The van der Waals surface area contributed by atoms with Crippen LogP contribution in [0.4, 0.5) is 33.9 Å².